The molecule has 0 unspecified atom stereocenters. The van der Waals surface area contributed by atoms with Gasteiger partial charge in [-0.1, -0.05) is 35.3 Å². The Bertz CT molecular complexity index is 970. The molecular formula is C25H30Cl2N4O2. The van der Waals surface area contributed by atoms with Crippen molar-refractivity contribution >= 4 is 29.1 Å². The monoisotopic (exact) mass is 488 g/mol. The quantitative estimate of drug-likeness (QED) is 0.644. The number of fused-ring (bicyclic) bond motifs is 1. The number of carbonyl (C=O) groups excluding carboxylic acids is 1. The first kappa shape index (κ1) is 23.1. The molecule has 4 heterocycles. The molecule has 0 spiro atoms. The van der Waals surface area contributed by atoms with E-state index in [1.54, 1.807) is 12.1 Å². The molecule has 3 aliphatic rings. The minimum Gasteiger partial charge on any atom is -0.378 e. The van der Waals surface area contributed by atoms with Crippen LogP contribution in [-0.4, -0.2) is 83.1 Å². The standard InChI is InChI=1S/C25H30Cl2N4O2/c26-20-7-6-18(13-21(20)27)14-24(32)31-12-11-30(15-19-5-1-2-8-28-19)23-17-33-16-22(25(23)31)29-9-3-4-10-29/h1-2,5-8,13,22-23,25H,3-4,9-12,14-17H2/t22-,23+,25+/m0/s1. The van der Waals surface area contributed by atoms with E-state index < -0.39 is 0 Å². The first-order chi connectivity index (χ1) is 16.1. The molecule has 1 aromatic carbocycles. The molecule has 0 saturated carbocycles. The maximum Gasteiger partial charge on any atom is 0.227 e. The van der Waals surface area contributed by atoms with Crippen molar-refractivity contribution in [1.29, 1.82) is 0 Å². The smallest absolute Gasteiger partial charge is 0.227 e. The molecule has 1 aromatic heterocycles. The van der Waals surface area contributed by atoms with Gasteiger partial charge in [-0.05, 0) is 55.8 Å². The van der Waals surface area contributed by atoms with Crippen LogP contribution in [0.15, 0.2) is 42.6 Å². The van der Waals surface area contributed by atoms with E-state index in [0.717, 1.165) is 37.4 Å². The van der Waals surface area contributed by atoms with Crippen LogP contribution in [-0.2, 0) is 22.5 Å². The molecule has 176 valence electrons. The van der Waals surface area contributed by atoms with E-state index >= 15 is 0 Å². The number of aromatic nitrogens is 1. The number of piperazine rings is 1. The van der Waals surface area contributed by atoms with Crippen molar-refractivity contribution in [2.24, 2.45) is 0 Å². The lowest BCUT2D eigenvalue weighted by Gasteiger charge is -2.54. The summed E-state index contributed by atoms with van der Waals surface area (Å²) in [6.07, 6.45) is 4.59. The van der Waals surface area contributed by atoms with Crippen LogP contribution < -0.4 is 0 Å². The predicted molar refractivity (Wildman–Crippen MR) is 130 cm³/mol. The zero-order chi connectivity index (χ0) is 22.8. The number of halogens is 2. The van der Waals surface area contributed by atoms with Gasteiger partial charge in [-0.3, -0.25) is 19.6 Å². The van der Waals surface area contributed by atoms with Crippen LogP contribution >= 0.6 is 23.2 Å². The molecule has 3 fully saturated rings. The summed E-state index contributed by atoms with van der Waals surface area (Å²) in [7, 11) is 0. The van der Waals surface area contributed by atoms with Gasteiger partial charge in [-0.15, -0.1) is 0 Å². The predicted octanol–water partition coefficient (Wildman–Crippen LogP) is 3.51. The zero-order valence-electron chi connectivity index (χ0n) is 18.7. The largest absolute Gasteiger partial charge is 0.378 e. The van der Waals surface area contributed by atoms with Gasteiger partial charge in [0.15, 0.2) is 0 Å². The topological polar surface area (TPSA) is 48.9 Å². The van der Waals surface area contributed by atoms with E-state index in [1.165, 1.54) is 12.8 Å². The van der Waals surface area contributed by atoms with Gasteiger partial charge in [0.05, 0.1) is 53.5 Å². The normalized spacial score (nSPS) is 26.4. The van der Waals surface area contributed by atoms with Crippen LogP contribution in [0.3, 0.4) is 0 Å². The molecule has 1 amide bonds. The van der Waals surface area contributed by atoms with Crippen molar-refractivity contribution < 1.29 is 9.53 Å². The zero-order valence-corrected chi connectivity index (χ0v) is 20.2. The van der Waals surface area contributed by atoms with Gasteiger partial charge in [-0.25, -0.2) is 0 Å². The second-order valence-corrected chi connectivity index (χ2v) is 10.0. The van der Waals surface area contributed by atoms with Gasteiger partial charge in [0.25, 0.3) is 0 Å². The number of amides is 1. The minimum atomic E-state index is 0.101. The number of carbonyl (C=O) groups is 1. The molecule has 0 aliphatic carbocycles. The Hall–Kier alpha value is -1.70. The summed E-state index contributed by atoms with van der Waals surface area (Å²) < 4.78 is 6.13. The molecule has 0 bridgehead atoms. The number of hydrogen-bond acceptors (Lipinski definition) is 5. The van der Waals surface area contributed by atoms with E-state index in [2.05, 4.69) is 25.8 Å². The van der Waals surface area contributed by atoms with Crippen LogP contribution in [0.2, 0.25) is 10.0 Å². The first-order valence-corrected chi connectivity index (χ1v) is 12.5. The van der Waals surface area contributed by atoms with Crippen molar-refractivity contribution in [2.75, 3.05) is 39.4 Å². The Morgan fingerprint density at radius 2 is 1.82 bits per heavy atom. The number of nitrogens with zero attached hydrogens (tertiary/aromatic N) is 4. The van der Waals surface area contributed by atoms with Crippen LogP contribution in [0.1, 0.15) is 24.1 Å². The van der Waals surface area contributed by atoms with Crippen LogP contribution in [0.5, 0.6) is 0 Å². The first-order valence-electron chi connectivity index (χ1n) is 11.8. The van der Waals surface area contributed by atoms with Gasteiger partial charge in [0, 0.05) is 25.8 Å². The van der Waals surface area contributed by atoms with Gasteiger partial charge in [-0.2, -0.15) is 0 Å². The van der Waals surface area contributed by atoms with Gasteiger partial charge in [0.2, 0.25) is 5.91 Å². The summed E-state index contributed by atoms with van der Waals surface area (Å²) in [4.78, 5) is 25.2. The number of rotatable bonds is 5. The molecule has 0 N–H and O–H groups in total. The molecule has 0 radical (unpaired) electrons. The Balaban J connectivity index is 1.39. The summed E-state index contributed by atoms with van der Waals surface area (Å²) in [5, 5.41) is 0.996. The molecule has 6 nitrogen and oxygen atoms in total. The SMILES string of the molecule is O=C(Cc1ccc(Cl)c(Cl)c1)N1CCN(Cc2ccccn2)[C@@H]2COC[C@H](N3CCCC3)[C@H]21. The van der Waals surface area contributed by atoms with Crippen molar-refractivity contribution in [3.05, 3.63) is 63.9 Å². The second kappa shape index (κ2) is 10.3. The van der Waals surface area contributed by atoms with E-state index in [4.69, 9.17) is 27.9 Å². The van der Waals surface area contributed by atoms with Crippen molar-refractivity contribution in [3.63, 3.8) is 0 Å². The molecule has 2 aromatic rings. The average Bonchev–Trinajstić information content (AvgIpc) is 3.37. The number of ether oxygens (including phenoxy) is 1. The van der Waals surface area contributed by atoms with Crippen molar-refractivity contribution in [1.82, 2.24) is 19.7 Å². The average molecular weight is 489 g/mol. The molecule has 3 saturated heterocycles. The van der Waals surface area contributed by atoms with E-state index in [9.17, 15) is 4.79 Å². The third kappa shape index (κ3) is 5.05. The van der Waals surface area contributed by atoms with Crippen LogP contribution in [0, 0.1) is 0 Å². The minimum absolute atomic E-state index is 0.101. The summed E-state index contributed by atoms with van der Waals surface area (Å²) in [5.41, 5.74) is 1.95. The molecular weight excluding hydrogens is 459 g/mol. The lowest BCUT2D eigenvalue weighted by Crippen LogP contribution is -2.71. The number of hydrogen-bond donors (Lipinski definition) is 0. The fourth-order valence-corrected chi connectivity index (χ4v) is 5.88. The highest BCUT2D eigenvalue weighted by atomic mass is 35.5. The molecule has 3 atom stereocenters. The Labute approximate surface area is 205 Å². The highest BCUT2D eigenvalue weighted by Crippen LogP contribution is 2.31. The lowest BCUT2D eigenvalue weighted by molar-refractivity contribution is -0.153. The van der Waals surface area contributed by atoms with E-state index in [-0.39, 0.29) is 24.0 Å². The molecule has 33 heavy (non-hydrogen) atoms. The van der Waals surface area contributed by atoms with E-state index in [1.807, 2.05) is 24.4 Å². The van der Waals surface area contributed by atoms with Gasteiger partial charge < -0.3 is 9.64 Å². The van der Waals surface area contributed by atoms with Crippen molar-refractivity contribution in [2.45, 2.75) is 43.9 Å². The van der Waals surface area contributed by atoms with Crippen LogP contribution in [0.25, 0.3) is 0 Å². The molecule has 8 heteroatoms. The lowest BCUT2D eigenvalue weighted by atomic mass is 9.90. The Morgan fingerprint density at radius 1 is 1.00 bits per heavy atom. The maximum absolute atomic E-state index is 13.6. The van der Waals surface area contributed by atoms with Crippen LogP contribution in [0.4, 0.5) is 0 Å². The maximum atomic E-state index is 13.6. The fourth-order valence-electron chi connectivity index (χ4n) is 5.56. The number of likely N-dealkylation sites (tertiary alicyclic amines) is 1. The molecule has 3 aliphatic heterocycles. The van der Waals surface area contributed by atoms with Crippen molar-refractivity contribution in [3.8, 4) is 0 Å². The summed E-state index contributed by atoms with van der Waals surface area (Å²) >= 11 is 12.3. The van der Waals surface area contributed by atoms with E-state index in [0.29, 0.717) is 36.2 Å². The second-order valence-electron chi connectivity index (χ2n) is 9.21. The van der Waals surface area contributed by atoms with Gasteiger partial charge >= 0.3 is 0 Å². The fraction of sp³-hybridized carbons (Fsp3) is 0.520. The Morgan fingerprint density at radius 3 is 2.58 bits per heavy atom. The summed E-state index contributed by atoms with van der Waals surface area (Å²) in [6, 6.07) is 12.0. The number of benzene rings is 1. The summed E-state index contributed by atoms with van der Waals surface area (Å²) in [5.74, 6) is 0.145. The van der Waals surface area contributed by atoms with Gasteiger partial charge in [0.1, 0.15) is 0 Å². The number of pyridine rings is 1. The summed E-state index contributed by atoms with van der Waals surface area (Å²) in [6.45, 7) is 5.75. The highest BCUT2D eigenvalue weighted by Gasteiger charge is 2.47. The third-order valence-electron chi connectivity index (χ3n) is 7.18. The Kier molecular flexibility index (Phi) is 7.18. The highest BCUT2D eigenvalue weighted by molar-refractivity contribution is 6.42. The third-order valence-corrected chi connectivity index (χ3v) is 7.92. The molecule has 5 rings (SSSR count).